The van der Waals surface area contributed by atoms with Gasteiger partial charge in [-0.05, 0) is 51.5 Å². The van der Waals surface area contributed by atoms with E-state index in [4.69, 9.17) is 14.6 Å². The number of rotatable bonds is 8. The zero-order valence-electron chi connectivity index (χ0n) is 20.6. The normalized spacial score (nSPS) is 25.3. The number of methoxy groups -OCH3 is 2. The Morgan fingerprint density at radius 2 is 2.00 bits per heavy atom. The SMILES string of the molecule is COC[C@H](C)Nc1ncc2c(-c3cnn(C4CC(C(=O)OC)C4)c3)cc(C3CCC(O)CC3)n2n1. The monoisotopic (exact) mass is 482 g/mol. The Bertz CT molecular complexity index is 1180. The van der Waals surface area contributed by atoms with Crippen LogP contribution < -0.4 is 5.32 Å². The highest BCUT2D eigenvalue weighted by Crippen LogP contribution is 2.40. The van der Waals surface area contributed by atoms with E-state index < -0.39 is 0 Å². The maximum atomic E-state index is 11.8. The van der Waals surface area contributed by atoms with Crippen molar-refractivity contribution in [3.63, 3.8) is 0 Å². The van der Waals surface area contributed by atoms with Crippen molar-refractivity contribution < 1.29 is 19.4 Å². The maximum Gasteiger partial charge on any atom is 0.308 e. The molecule has 0 aliphatic heterocycles. The van der Waals surface area contributed by atoms with Gasteiger partial charge >= 0.3 is 5.97 Å². The van der Waals surface area contributed by atoms with Crippen molar-refractivity contribution in [2.45, 2.75) is 69.6 Å². The number of ether oxygens (including phenoxy) is 2. The van der Waals surface area contributed by atoms with E-state index in [9.17, 15) is 9.90 Å². The topological polar surface area (TPSA) is 116 Å². The summed E-state index contributed by atoms with van der Waals surface area (Å²) in [6.07, 6.45) is 10.5. The Labute approximate surface area is 204 Å². The third-order valence-electron chi connectivity index (χ3n) is 7.39. The average Bonchev–Trinajstić information content (AvgIpc) is 3.43. The van der Waals surface area contributed by atoms with Gasteiger partial charge < -0.3 is 19.9 Å². The van der Waals surface area contributed by atoms with E-state index in [-0.39, 0.29) is 30.1 Å². The molecule has 3 heterocycles. The highest BCUT2D eigenvalue weighted by Gasteiger charge is 2.37. The molecule has 2 N–H and O–H groups in total. The molecule has 0 radical (unpaired) electrons. The zero-order valence-corrected chi connectivity index (χ0v) is 20.6. The van der Waals surface area contributed by atoms with E-state index >= 15 is 0 Å². The lowest BCUT2D eigenvalue weighted by atomic mass is 9.80. The van der Waals surface area contributed by atoms with Gasteiger partial charge in [0.2, 0.25) is 5.95 Å². The molecule has 10 nitrogen and oxygen atoms in total. The highest BCUT2D eigenvalue weighted by molar-refractivity contribution is 5.81. The summed E-state index contributed by atoms with van der Waals surface area (Å²) in [5.41, 5.74) is 4.10. The Balaban J connectivity index is 1.45. The Morgan fingerprint density at radius 1 is 1.23 bits per heavy atom. The molecule has 5 rings (SSSR count). The van der Waals surface area contributed by atoms with Gasteiger partial charge in [-0.15, -0.1) is 5.10 Å². The maximum absolute atomic E-state index is 11.8. The van der Waals surface area contributed by atoms with Crippen LogP contribution in [0.25, 0.3) is 16.6 Å². The minimum Gasteiger partial charge on any atom is -0.469 e. The second-order valence-electron chi connectivity index (χ2n) is 9.92. The molecule has 2 aliphatic rings. The summed E-state index contributed by atoms with van der Waals surface area (Å²) in [5, 5.41) is 22.8. The number of aliphatic hydroxyl groups excluding tert-OH is 1. The van der Waals surface area contributed by atoms with Gasteiger partial charge in [-0.25, -0.2) is 9.50 Å². The second-order valence-corrected chi connectivity index (χ2v) is 9.92. The lowest BCUT2D eigenvalue weighted by Crippen LogP contribution is -2.33. The van der Waals surface area contributed by atoms with Crippen LogP contribution in [0.1, 0.15) is 63.1 Å². The molecule has 35 heavy (non-hydrogen) atoms. The van der Waals surface area contributed by atoms with E-state index in [0.717, 1.165) is 60.9 Å². The van der Waals surface area contributed by atoms with Gasteiger partial charge in [-0.1, -0.05) is 0 Å². The van der Waals surface area contributed by atoms with Crippen LogP contribution >= 0.6 is 0 Å². The summed E-state index contributed by atoms with van der Waals surface area (Å²) in [4.78, 5) is 16.3. The average molecular weight is 483 g/mol. The Kier molecular flexibility index (Phi) is 6.75. The number of nitrogens with one attached hydrogen (secondary N) is 1. The summed E-state index contributed by atoms with van der Waals surface area (Å²) in [5.74, 6) is 0.693. The first-order chi connectivity index (χ1) is 17.0. The van der Waals surface area contributed by atoms with Crippen molar-refractivity contribution in [1.82, 2.24) is 24.4 Å². The summed E-state index contributed by atoms with van der Waals surface area (Å²) in [7, 11) is 3.11. The number of hydrogen-bond donors (Lipinski definition) is 2. The van der Waals surface area contributed by atoms with Crippen molar-refractivity contribution >= 4 is 17.4 Å². The third kappa shape index (κ3) is 4.77. The first kappa shape index (κ1) is 23.7. The fourth-order valence-electron chi connectivity index (χ4n) is 5.33. The van der Waals surface area contributed by atoms with E-state index in [1.165, 1.54) is 7.11 Å². The molecule has 3 aromatic rings. The second kappa shape index (κ2) is 9.94. The van der Waals surface area contributed by atoms with Crippen LogP contribution in [0.4, 0.5) is 5.95 Å². The highest BCUT2D eigenvalue weighted by atomic mass is 16.5. The number of aromatic nitrogens is 5. The van der Waals surface area contributed by atoms with Crippen LogP contribution in [-0.2, 0) is 14.3 Å². The van der Waals surface area contributed by atoms with Crippen LogP contribution in [0.3, 0.4) is 0 Å². The van der Waals surface area contributed by atoms with Gasteiger partial charge in [-0.3, -0.25) is 9.48 Å². The molecule has 1 atom stereocenters. The lowest BCUT2D eigenvalue weighted by Gasteiger charge is -2.33. The first-order valence-corrected chi connectivity index (χ1v) is 12.4. The van der Waals surface area contributed by atoms with Gasteiger partial charge in [0.25, 0.3) is 0 Å². The standard InChI is InChI=1S/C25H34N6O4/c1-15(14-34-2)28-25-26-12-23-21(10-22(31(23)29-25)16-4-6-20(32)7-5-16)18-11-27-30(13-18)19-8-17(9-19)24(33)35-3/h10-13,15-17,19-20,32H,4-9,14H2,1-3H3,(H,28,29)/t15-,16?,17?,19?,20?/m0/s1. The number of fused-ring (bicyclic) bond motifs is 1. The molecule has 2 aliphatic carbocycles. The van der Waals surface area contributed by atoms with Crippen molar-refractivity contribution in [2.75, 3.05) is 26.1 Å². The molecule has 0 amide bonds. The molecule has 0 bridgehead atoms. The summed E-state index contributed by atoms with van der Waals surface area (Å²) in [6.45, 7) is 2.59. The van der Waals surface area contributed by atoms with Crippen LogP contribution in [0, 0.1) is 5.92 Å². The first-order valence-electron chi connectivity index (χ1n) is 12.4. The molecular formula is C25H34N6O4. The number of carbonyl (C=O) groups excluding carboxylic acids is 1. The van der Waals surface area contributed by atoms with Crippen molar-refractivity contribution in [1.29, 1.82) is 0 Å². The van der Waals surface area contributed by atoms with E-state index in [2.05, 4.69) is 27.7 Å². The van der Waals surface area contributed by atoms with Crippen molar-refractivity contribution in [3.05, 3.63) is 30.4 Å². The quantitative estimate of drug-likeness (QED) is 0.471. The van der Waals surface area contributed by atoms with E-state index in [0.29, 0.717) is 18.5 Å². The summed E-state index contributed by atoms with van der Waals surface area (Å²) < 4.78 is 14.1. The fraction of sp³-hybridized carbons (Fsp3) is 0.600. The smallest absolute Gasteiger partial charge is 0.308 e. The number of anilines is 1. The number of carbonyl (C=O) groups is 1. The van der Waals surface area contributed by atoms with Crippen LogP contribution in [0.15, 0.2) is 24.7 Å². The van der Waals surface area contributed by atoms with Gasteiger partial charge in [0.05, 0.1) is 49.7 Å². The molecular weight excluding hydrogens is 448 g/mol. The van der Waals surface area contributed by atoms with Gasteiger partial charge in [0.1, 0.15) is 0 Å². The van der Waals surface area contributed by atoms with E-state index in [1.54, 1.807) is 7.11 Å². The molecule has 2 saturated carbocycles. The molecule has 10 heteroatoms. The molecule has 188 valence electrons. The number of aliphatic hydroxyl groups is 1. The predicted molar refractivity (Wildman–Crippen MR) is 130 cm³/mol. The van der Waals surface area contributed by atoms with Gasteiger partial charge in [0.15, 0.2) is 0 Å². The molecule has 3 aromatic heterocycles. The number of esters is 1. The molecule has 0 aromatic carbocycles. The number of nitrogens with zero attached hydrogens (tertiary/aromatic N) is 5. The molecule has 0 unspecified atom stereocenters. The third-order valence-corrected chi connectivity index (χ3v) is 7.39. The minimum atomic E-state index is -0.215. The van der Waals surface area contributed by atoms with Crippen LogP contribution in [0.5, 0.6) is 0 Å². The molecule has 0 saturated heterocycles. The van der Waals surface area contributed by atoms with Crippen molar-refractivity contribution in [2.24, 2.45) is 5.92 Å². The summed E-state index contributed by atoms with van der Waals surface area (Å²) in [6, 6.07) is 2.49. The fourth-order valence-corrected chi connectivity index (χ4v) is 5.33. The lowest BCUT2D eigenvalue weighted by molar-refractivity contribution is -0.149. The van der Waals surface area contributed by atoms with Gasteiger partial charge in [0, 0.05) is 42.1 Å². The minimum absolute atomic E-state index is 0.0407. The Morgan fingerprint density at radius 3 is 2.71 bits per heavy atom. The number of hydrogen-bond acceptors (Lipinski definition) is 8. The van der Waals surface area contributed by atoms with E-state index in [1.807, 2.05) is 28.5 Å². The largest absolute Gasteiger partial charge is 0.469 e. The van der Waals surface area contributed by atoms with Crippen LogP contribution in [0.2, 0.25) is 0 Å². The van der Waals surface area contributed by atoms with Crippen molar-refractivity contribution in [3.8, 4) is 11.1 Å². The predicted octanol–water partition coefficient (Wildman–Crippen LogP) is 3.18. The van der Waals surface area contributed by atoms with Gasteiger partial charge in [-0.2, -0.15) is 5.10 Å². The molecule has 0 spiro atoms. The Hall–Kier alpha value is -2.98. The zero-order chi connectivity index (χ0) is 24.5. The molecule has 2 fully saturated rings. The van der Waals surface area contributed by atoms with Crippen LogP contribution in [-0.4, -0.2) is 68.4 Å². The summed E-state index contributed by atoms with van der Waals surface area (Å²) >= 11 is 0.